The summed E-state index contributed by atoms with van der Waals surface area (Å²) in [6.07, 6.45) is 8.47. The predicted molar refractivity (Wildman–Crippen MR) is 158 cm³/mol. The van der Waals surface area contributed by atoms with Crippen LogP contribution in [0.2, 0.25) is 0 Å². The maximum absolute atomic E-state index is 14.1. The molecule has 2 aromatic carbocycles. The van der Waals surface area contributed by atoms with Crippen LogP contribution < -0.4 is 20.5 Å². The maximum atomic E-state index is 14.1. The zero-order chi connectivity index (χ0) is 29.2. The minimum atomic E-state index is -1.27. The number of rotatable bonds is 7. The van der Waals surface area contributed by atoms with E-state index in [0.29, 0.717) is 34.6 Å². The highest BCUT2D eigenvalue weighted by Crippen LogP contribution is 2.58. The van der Waals surface area contributed by atoms with Gasteiger partial charge in [0, 0.05) is 5.69 Å². The normalized spacial score (nSPS) is 27.4. The Hall–Kier alpha value is -4.01. The van der Waals surface area contributed by atoms with Crippen LogP contribution in [0, 0.1) is 23.7 Å². The Balaban J connectivity index is 1.36. The van der Waals surface area contributed by atoms with Crippen LogP contribution in [0.5, 0.6) is 11.5 Å². The van der Waals surface area contributed by atoms with Crippen molar-refractivity contribution in [2.24, 2.45) is 23.7 Å². The Bertz CT molecular complexity index is 1530. The van der Waals surface area contributed by atoms with Crippen LogP contribution in [0.1, 0.15) is 66.6 Å². The highest BCUT2D eigenvalue weighted by molar-refractivity contribution is 5.98. The zero-order valence-corrected chi connectivity index (χ0v) is 24.2. The molecule has 4 fully saturated rings. The SMILES string of the molecule is COc1cccc(OC)c1-c1cc(C(=O)NC2(C(=O)O)C3CC4CC(C3)CC2C4)nn1-c1ccc(N)c2c1CCCC2. The van der Waals surface area contributed by atoms with E-state index in [-0.39, 0.29) is 17.5 Å². The summed E-state index contributed by atoms with van der Waals surface area (Å²) < 4.78 is 13.3. The van der Waals surface area contributed by atoms with Gasteiger partial charge in [0.05, 0.1) is 31.2 Å². The van der Waals surface area contributed by atoms with Crippen LogP contribution in [0.4, 0.5) is 5.69 Å². The monoisotopic (exact) mass is 570 g/mol. The second kappa shape index (κ2) is 10.1. The largest absolute Gasteiger partial charge is 0.496 e. The Labute approximate surface area is 245 Å². The lowest BCUT2D eigenvalue weighted by molar-refractivity contribution is -0.163. The number of methoxy groups -OCH3 is 2. The van der Waals surface area contributed by atoms with Gasteiger partial charge in [-0.2, -0.15) is 5.10 Å². The molecular formula is C33H38N4O5. The standard InChI is InChI=1S/C33H38N4O5/c1-41-28-8-5-9-29(42-2)30(28)27-17-25(36-37(27)26-11-10-24(34)22-6-3-4-7-23(22)26)31(38)35-33(32(39)40)20-13-18-12-19(15-20)16-21(33)14-18/h5,8-11,17-21H,3-4,6-7,12-16,34H2,1-2H3,(H,35,38)(H,39,40). The minimum Gasteiger partial charge on any atom is -0.496 e. The number of nitrogens with zero attached hydrogens (tertiary/aromatic N) is 2. The van der Waals surface area contributed by atoms with Crippen LogP contribution in [0.15, 0.2) is 36.4 Å². The summed E-state index contributed by atoms with van der Waals surface area (Å²) in [6.45, 7) is 0. The van der Waals surface area contributed by atoms with Crippen molar-refractivity contribution < 1.29 is 24.2 Å². The molecule has 0 radical (unpaired) electrons. The van der Waals surface area contributed by atoms with Gasteiger partial charge in [0.25, 0.3) is 5.91 Å². The summed E-state index contributed by atoms with van der Waals surface area (Å²) in [5.41, 5.74) is 10.4. The number of carboxylic acid groups (broad SMARTS) is 1. The van der Waals surface area contributed by atoms with Gasteiger partial charge in [-0.3, -0.25) is 4.79 Å². The smallest absolute Gasteiger partial charge is 0.330 e. The predicted octanol–water partition coefficient (Wildman–Crippen LogP) is 5.03. The zero-order valence-electron chi connectivity index (χ0n) is 24.2. The fourth-order valence-electron chi connectivity index (χ4n) is 8.82. The fourth-order valence-corrected chi connectivity index (χ4v) is 8.82. The molecule has 4 saturated carbocycles. The molecule has 1 amide bonds. The van der Waals surface area contributed by atoms with E-state index < -0.39 is 17.4 Å². The van der Waals surface area contributed by atoms with Crippen LogP contribution >= 0.6 is 0 Å². The fraction of sp³-hybridized carbons (Fsp3) is 0.485. The molecular weight excluding hydrogens is 532 g/mol. The summed E-state index contributed by atoms with van der Waals surface area (Å²) in [4.78, 5) is 27.1. The molecule has 4 bridgehead atoms. The molecule has 4 N–H and O–H groups in total. The van der Waals surface area contributed by atoms with Crippen molar-refractivity contribution in [3.63, 3.8) is 0 Å². The molecule has 5 aliphatic rings. The number of aromatic nitrogens is 2. The van der Waals surface area contributed by atoms with Crippen LogP contribution in [-0.2, 0) is 17.6 Å². The first kappa shape index (κ1) is 26.9. The summed E-state index contributed by atoms with van der Waals surface area (Å²) in [5, 5.41) is 18.6. The van der Waals surface area contributed by atoms with E-state index in [1.165, 1.54) is 6.42 Å². The van der Waals surface area contributed by atoms with E-state index in [0.717, 1.165) is 73.9 Å². The number of aliphatic carboxylic acids is 1. The molecule has 1 heterocycles. The van der Waals surface area contributed by atoms with Crippen LogP contribution in [-0.4, -0.2) is 46.5 Å². The number of benzene rings is 2. The first-order valence-electron chi connectivity index (χ1n) is 15.1. The highest BCUT2D eigenvalue weighted by Gasteiger charge is 2.62. The number of carbonyl (C=O) groups excluding carboxylic acids is 1. The molecule has 3 aromatic rings. The molecule has 42 heavy (non-hydrogen) atoms. The molecule has 5 aliphatic carbocycles. The van der Waals surface area contributed by atoms with E-state index in [1.807, 2.05) is 30.3 Å². The molecule has 0 aliphatic heterocycles. The van der Waals surface area contributed by atoms with Crippen molar-refractivity contribution in [2.45, 2.75) is 63.3 Å². The third-order valence-corrected chi connectivity index (χ3v) is 10.5. The average molecular weight is 571 g/mol. The Morgan fingerprint density at radius 3 is 2.17 bits per heavy atom. The van der Waals surface area contributed by atoms with Gasteiger partial charge < -0.3 is 25.6 Å². The van der Waals surface area contributed by atoms with Crippen molar-refractivity contribution in [1.29, 1.82) is 0 Å². The highest BCUT2D eigenvalue weighted by atomic mass is 16.5. The second-order valence-corrected chi connectivity index (χ2v) is 12.6. The first-order valence-corrected chi connectivity index (χ1v) is 15.1. The number of carbonyl (C=O) groups is 2. The Morgan fingerprint density at radius 2 is 1.57 bits per heavy atom. The van der Waals surface area contributed by atoms with Gasteiger partial charge in [0.1, 0.15) is 17.0 Å². The van der Waals surface area contributed by atoms with Crippen molar-refractivity contribution >= 4 is 17.6 Å². The quantitative estimate of drug-likeness (QED) is 0.340. The lowest BCUT2D eigenvalue weighted by Gasteiger charge is -2.59. The van der Waals surface area contributed by atoms with E-state index >= 15 is 0 Å². The van der Waals surface area contributed by atoms with Gasteiger partial charge in [-0.15, -0.1) is 0 Å². The van der Waals surface area contributed by atoms with E-state index in [9.17, 15) is 14.7 Å². The van der Waals surface area contributed by atoms with E-state index in [4.69, 9.17) is 20.3 Å². The number of ether oxygens (including phenoxy) is 2. The molecule has 8 rings (SSSR count). The maximum Gasteiger partial charge on any atom is 0.330 e. The topological polar surface area (TPSA) is 129 Å². The number of hydrogen-bond acceptors (Lipinski definition) is 6. The first-order chi connectivity index (χ1) is 20.3. The number of anilines is 1. The number of hydrogen-bond donors (Lipinski definition) is 3. The summed E-state index contributed by atoms with van der Waals surface area (Å²) in [6, 6.07) is 11.1. The number of carboxylic acids is 1. The van der Waals surface area contributed by atoms with Gasteiger partial charge in [-0.1, -0.05) is 6.07 Å². The molecule has 0 unspecified atom stereocenters. The number of nitrogens with two attached hydrogens (primary N) is 1. The second-order valence-electron chi connectivity index (χ2n) is 12.6. The molecule has 1 aromatic heterocycles. The molecule has 220 valence electrons. The summed E-state index contributed by atoms with van der Waals surface area (Å²) in [5.74, 6) is 0.774. The lowest BCUT2D eigenvalue weighted by Crippen LogP contribution is -2.70. The van der Waals surface area contributed by atoms with Gasteiger partial charge in [0.15, 0.2) is 5.69 Å². The van der Waals surface area contributed by atoms with Gasteiger partial charge in [-0.25, -0.2) is 9.48 Å². The molecule has 9 nitrogen and oxygen atoms in total. The van der Waals surface area contributed by atoms with Crippen molar-refractivity contribution in [2.75, 3.05) is 20.0 Å². The third kappa shape index (κ3) is 4.00. The van der Waals surface area contributed by atoms with Crippen molar-refractivity contribution in [3.8, 4) is 28.4 Å². The van der Waals surface area contributed by atoms with Crippen molar-refractivity contribution in [1.82, 2.24) is 15.1 Å². The van der Waals surface area contributed by atoms with E-state index in [2.05, 4.69) is 5.32 Å². The third-order valence-electron chi connectivity index (χ3n) is 10.5. The number of fused-ring (bicyclic) bond motifs is 1. The van der Waals surface area contributed by atoms with Gasteiger partial charge >= 0.3 is 5.97 Å². The Kier molecular flexibility index (Phi) is 6.44. The van der Waals surface area contributed by atoms with Crippen LogP contribution in [0.25, 0.3) is 16.9 Å². The number of nitrogens with one attached hydrogen (secondary N) is 1. The van der Waals surface area contributed by atoms with Gasteiger partial charge in [0.2, 0.25) is 0 Å². The summed E-state index contributed by atoms with van der Waals surface area (Å²) >= 11 is 0. The summed E-state index contributed by atoms with van der Waals surface area (Å²) in [7, 11) is 3.20. The Morgan fingerprint density at radius 1 is 0.952 bits per heavy atom. The van der Waals surface area contributed by atoms with Gasteiger partial charge in [-0.05, 0) is 123 Å². The molecule has 0 atom stereocenters. The lowest BCUT2D eigenvalue weighted by atomic mass is 9.48. The number of nitrogen functional groups attached to an aromatic ring is 1. The number of amides is 1. The van der Waals surface area contributed by atoms with E-state index in [1.54, 1.807) is 25.0 Å². The molecule has 0 saturated heterocycles. The molecule has 0 spiro atoms. The van der Waals surface area contributed by atoms with Crippen molar-refractivity contribution in [3.05, 3.63) is 53.2 Å². The molecule has 9 heteroatoms. The minimum absolute atomic E-state index is 0.0600. The average Bonchev–Trinajstić information content (AvgIpc) is 3.43. The van der Waals surface area contributed by atoms with Crippen LogP contribution in [0.3, 0.4) is 0 Å².